The molecule has 0 fully saturated rings. The standard InChI is InChI=1S/C9H7ClN2O/c1-12-7(5-13)4-6-2-3-8(10)11-9(6)12/h2-5H,1H3. The van der Waals surface area contributed by atoms with Crippen LogP contribution in [0.2, 0.25) is 5.15 Å². The highest BCUT2D eigenvalue weighted by atomic mass is 35.5. The number of nitrogens with zero attached hydrogens (tertiary/aromatic N) is 2. The predicted molar refractivity (Wildman–Crippen MR) is 51.1 cm³/mol. The molecule has 2 heterocycles. The van der Waals surface area contributed by atoms with Gasteiger partial charge in [-0.05, 0) is 18.2 Å². The van der Waals surface area contributed by atoms with Crippen molar-refractivity contribution in [3.8, 4) is 0 Å². The van der Waals surface area contributed by atoms with E-state index in [0.29, 0.717) is 10.8 Å². The summed E-state index contributed by atoms with van der Waals surface area (Å²) < 4.78 is 1.72. The van der Waals surface area contributed by atoms with Gasteiger partial charge in [0.1, 0.15) is 10.8 Å². The zero-order chi connectivity index (χ0) is 9.42. The van der Waals surface area contributed by atoms with Gasteiger partial charge in [0.25, 0.3) is 0 Å². The Morgan fingerprint density at radius 3 is 3.00 bits per heavy atom. The molecule has 3 nitrogen and oxygen atoms in total. The van der Waals surface area contributed by atoms with Gasteiger partial charge in [0.05, 0.1) is 5.69 Å². The number of aromatic nitrogens is 2. The topological polar surface area (TPSA) is 34.9 Å². The van der Waals surface area contributed by atoms with Gasteiger partial charge in [0.2, 0.25) is 0 Å². The molecule has 66 valence electrons. The molecule has 4 heteroatoms. The number of hydrogen-bond donors (Lipinski definition) is 0. The van der Waals surface area contributed by atoms with Crippen LogP contribution in [-0.2, 0) is 7.05 Å². The Bertz CT molecular complexity index is 476. The molecule has 2 rings (SSSR count). The molecule has 0 saturated heterocycles. The number of rotatable bonds is 1. The zero-order valence-electron chi connectivity index (χ0n) is 6.99. The lowest BCUT2D eigenvalue weighted by molar-refractivity contribution is 0.111. The Kier molecular flexibility index (Phi) is 1.81. The molecule has 2 aromatic rings. The summed E-state index contributed by atoms with van der Waals surface area (Å²) in [6.07, 6.45) is 0.801. The van der Waals surface area contributed by atoms with E-state index in [1.54, 1.807) is 23.7 Å². The third kappa shape index (κ3) is 1.21. The van der Waals surface area contributed by atoms with Crippen LogP contribution in [0.4, 0.5) is 0 Å². The van der Waals surface area contributed by atoms with Crippen LogP contribution in [0.25, 0.3) is 11.0 Å². The Morgan fingerprint density at radius 2 is 2.31 bits per heavy atom. The van der Waals surface area contributed by atoms with Crippen LogP contribution < -0.4 is 0 Å². The van der Waals surface area contributed by atoms with E-state index in [9.17, 15) is 4.79 Å². The number of halogens is 1. The summed E-state index contributed by atoms with van der Waals surface area (Å²) >= 11 is 5.73. The van der Waals surface area contributed by atoms with Crippen LogP contribution in [0.15, 0.2) is 18.2 Å². The van der Waals surface area contributed by atoms with Crippen LogP contribution in [0.1, 0.15) is 10.5 Å². The van der Waals surface area contributed by atoms with Crippen LogP contribution in [-0.4, -0.2) is 15.8 Å². The maximum absolute atomic E-state index is 10.6. The van der Waals surface area contributed by atoms with Crippen molar-refractivity contribution < 1.29 is 4.79 Å². The van der Waals surface area contributed by atoms with Gasteiger partial charge in [0, 0.05) is 12.4 Å². The van der Waals surface area contributed by atoms with Crippen LogP contribution in [0.5, 0.6) is 0 Å². The lowest BCUT2D eigenvalue weighted by Crippen LogP contribution is -1.94. The normalized spacial score (nSPS) is 10.6. The maximum atomic E-state index is 10.6. The number of carbonyl (C=O) groups is 1. The molecule has 0 radical (unpaired) electrons. The molecule has 0 aliphatic heterocycles. The number of aldehydes is 1. The first-order chi connectivity index (χ1) is 6.22. The predicted octanol–water partition coefficient (Wildman–Crippen LogP) is 2.04. The van der Waals surface area contributed by atoms with Gasteiger partial charge in [0.15, 0.2) is 6.29 Å². The lowest BCUT2D eigenvalue weighted by atomic mass is 10.3. The van der Waals surface area contributed by atoms with E-state index in [1.165, 1.54) is 0 Å². The molecule has 0 atom stereocenters. The van der Waals surface area contributed by atoms with E-state index >= 15 is 0 Å². The van der Waals surface area contributed by atoms with Gasteiger partial charge in [-0.15, -0.1) is 0 Å². The van der Waals surface area contributed by atoms with Crippen molar-refractivity contribution in [2.45, 2.75) is 0 Å². The number of carbonyl (C=O) groups excluding carboxylic acids is 1. The molecule has 0 spiro atoms. The van der Waals surface area contributed by atoms with E-state index < -0.39 is 0 Å². The minimum atomic E-state index is 0.436. The second-order valence-corrected chi connectivity index (χ2v) is 3.18. The fourth-order valence-corrected chi connectivity index (χ4v) is 1.45. The molecule has 13 heavy (non-hydrogen) atoms. The second kappa shape index (κ2) is 2.85. The molecular weight excluding hydrogens is 188 g/mol. The second-order valence-electron chi connectivity index (χ2n) is 2.79. The first kappa shape index (κ1) is 8.26. The molecule has 2 aromatic heterocycles. The van der Waals surface area contributed by atoms with Crippen LogP contribution in [0, 0.1) is 0 Å². The first-order valence-corrected chi connectivity index (χ1v) is 4.17. The van der Waals surface area contributed by atoms with Crippen LogP contribution in [0.3, 0.4) is 0 Å². The van der Waals surface area contributed by atoms with Gasteiger partial charge in [-0.3, -0.25) is 4.79 Å². The molecule has 0 aromatic carbocycles. The molecule has 0 saturated carbocycles. The summed E-state index contributed by atoms with van der Waals surface area (Å²) in [5, 5.41) is 1.36. The Morgan fingerprint density at radius 1 is 1.54 bits per heavy atom. The number of hydrogen-bond acceptors (Lipinski definition) is 2. The SMILES string of the molecule is Cn1c(C=O)cc2ccc(Cl)nc21. The van der Waals surface area contributed by atoms with Gasteiger partial charge in [-0.25, -0.2) is 4.98 Å². The molecule has 0 N–H and O–H groups in total. The van der Waals surface area contributed by atoms with Crippen molar-refractivity contribution in [2.75, 3.05) is 0 Å². The Hall–Kier alpha value is -1.35. The quantitative estimate of drug-likeness (QED) is 0.514. The van der Waals surface area contributed by atoms with Crippen molar-refractivity contribution in [2.24, 2.45) is 7.05 Å². The van der Waals surface area contributed by atoms with Gasteiger partial charge in [-0.2, -0.15) is 0 Å². The molecule has 0 aliphatic carbocycles. The highest BCUT2D eigenvalue weighted by Gasteiger charge is 2.05. The van der Waals surface area contributed by atoms with E-state index in [0.717, 1.165) is 17.3 Å². The smallest absolute Gasteiger partial charge is 0.166 e. The number of aryl methyl sites for hydroxylation is 1. The highest BCUT2D eigenvalue weighted by Crippen LogP contribution is 2.17. The average Bonchev–Trinajstić information content (AvgIpc) is 2.44. The third-order valence-electron chi connectivity index (χ3n) is 2.00. The first-order valence-electron chi connectivity index (χ1n) is 3.79. The average molecular weight is 195 g/mol. The van der Waals surface area contributed by atoms with Gasteiger partial charge < -0.3 is 4.57 Å². The molecule has 0 unspecified atom stereocenters. The minimum Gasteiger partial charge on any atom is -0.326 e. The van der Waals surface area contributed by atoms with Crippen molar-refractivity contribution in [3.63, 3.8) is 0 Å². The molecule has 0 bridgehead atoms. The molecular formula is C9H7ClN2O. The lowest BCUT2D eigenvalue weighted by Gasteiger charge is -1.96. The summed E-state index contributed by atoms with van der Waals surface area (Å²) in [6.45, 7) is 0. The van der Waals surface area contributed by atoms with Gasteiger partial charge in [-0.1, -0.05) is 11.6 Å². The third-order valence-corrected chi connectivity index (χ3v) is 2.21. The van der Waals surface area contributed by atoms with Crippen molar-refractivity contribution in [1.29, 1.82) is 0 Å². The minimum absolute atomic E-state index is 0.436. The maximum Gasteiger partial charge on any atom is 0.166 e. The van der Waals surface area contributed by atoms with E-state index in [4.69, 9.17) is 11.6 Å². The van der Waals surface area contributed by atoms with E-state index in [-0.39, 0.29) is 0 Å². The largest absolute Gasteiger partial charge is 0.326 e. The van der Waals surface area contributed by atoms with Crippen LogP contribution >= 0.6 is 11.6 Å². The zero-order valence-corrected chi connectivity index (χ0v) is 7.75. The van der Waals surface area contributed by atoms with Gasteiger partial charge >= 0.3 is 0 Å². The fourth-order valence-electron chi connectivity index (χ4n) is 1.31. The Balaban J connectivity index is 2.84. The summed E-state index contributed by atoms with van der Waals surface area (Å²) in [5.74, 6) is 0. The summed E-state index contributed by atoms with van der Waals surface area (Å²) in [6, 6.07) is 5.34. The highest BCUT2D eigenvalue weighted by molar-refractivity contribution is 6.29. The fraction of sp³-hybridized carbons (Fsp3) is 0.111. The number of pyridine rings is 1. The summed E-state index contributed by atoms with van der Waals surface area (Å²) in [5.41, 5.74) is 1.33. The van der Waals surface area contributed by atoms with Crippen molar-refractivity contribution in [3.05, 3.63) is 29.0 Å². The summed E-state index contributed by atoms with van der Waals surface area (Å²) in [7, 11) is 1.79. The monoisotopic (exact) mass is 194 g/mol. The van der Waals surface area contributed by atoms with Crippen molar-refractivity contribution in [1.82, 2.24) is 9.55 Å². The summed E-state index contributed by atoms with van der Waals surface area (Å²) in [4.78, 5) is 14.7. The van der Waals surface area contributed by atoms with E-state index in [1.807, 2.05) is 6.07 Å². The Labute approximate surface area is 79.9 Å². The molecule has 0 aliphatic rings. The van der Waals surface area contributed by atoms with Crippen molar-refractivity contribution >= 4 is 28.9 Å². The number of fused-ring (bicyclic) bond motifs is 1. The van der Waals surface area contributed by atoms with E-state index in [2.05, 4.69) is 4.98 Å². The molecule has 0 amide bonds.